The molecule has 5 nitrogen and oxygen atoms in total. The van der Waals surface area contributed by atoms with E-state index in [0.717, 1.165) is 31.2 Å². The van der Waals surface area contributed by atoms with Gasteiger partial charge in [-0.2, -0.15) is 0 Å². The highest BCUT2D eigenvalue weighted by molar-refractivity contribution is 7.17. The van der Waals surface area contributed by atoms with Crippen molar-refractivity contribution in [2.24, 2.45) is 0 Å². The number of aromatic nitrogens is 1. The quantitative estimate of drug-likeness (QED) is 0.800. The van der Waals surface area contributed by atoms with Gasteiger partial charge < -0.3 is 14.9 Å². The van der Waals surface area contributed by atoms with Crippen LogP contribution in [-0.2, 0) is 0 Å². The molecule has 0 unspecified atom stereocenters. The van der Waals surface area contributed by atoms with Crippen molar-refractivity contribution in [3.05, 3.63) is 10.6 Å². The third-order valence-corrected chi connectivity index (χ3v) is 4.08. The highest BCUT2D eigenvalue weighted by Crippen LogP contribution is 2.30. The molecule has 0 bridgehead atoms. The molecule has 0 atom stereocenters. The standard InChI is InChI=1S/C14H25N3O2S/c1-6-7-17(9-8-16(4)5)14-15-11(10(2)3)12(20-14)13(18)19/h10H,6-9H2,1-5H3,(H,18,19). The van der Waals surface area contributed by atoms with Gasteiger partial charge >= 0.3 is 5.97 Å². The fourth-order valence-electron chi connectivity index (χ4n) is 1.89. The first-order valence-corrected chi connectivity index (χ1v) is 7.82. The Kier molecular flexibility index (Phi) is 6.42. The number of carboxylic acid groups (broad SMARTS) is 1. The van der Waals surface area contributed by atoms with Crippen molar-refractivity contribution >= 4 is 22.4 Å². The molecule has 20 heavy (non-hydrogen) atoms. The fourth-order valence-corrected chi connectivity index (χ4v) is 3.01. The minimum atomic E-state index is -0.874. The van der Waals surface area contributed by atoms with Crippen LogP contribution in [0.4, 0.5) is 5.13 Å². The van der Waals surface area contributed by atoms with Gasteiger partial charge in [0.25, 0.3) is 0 Å². The van der Waals surface area contributed by atoms with Gasteiger partial charge in [-0.15, -0.1) is 0 Å². The summed E-state index contributed by atoms with van der Waals surface area (Å²) in [5.74, 6) is -0.745. The lowest BCUT2D eigenvalue weighted by molar-refractivity contribution is 0.0700. The zero-order chi connectivity index (χ0) is 15.3. The Balaban J connectivity index is 3.01. The van der Waals surface area contributed by atoms with Crippen LogP contribution in [0, 0.1) is 0 Å². The molecule has 0 amide bonds. The Labute approximate surface area is 125 Å². The van der Waals surface area contributed by atoms with Gasteiger partial charge in [-0.05, 0) is 26.4 Å². The maximum absolute atomic E-state index is 11.3. The summed E-state index contributed by atoms with van der Waals surface area (Å²) in [5, 5.41) is 10.1. The molecular weight excluding hydrogens is 274 g/mol. The van der Waals surface area contributed by atoms with E-state index >= 15 is 0 Å². The van der Waals surface area contributed by atoms with Crippen molar-refractivity contribution in [2.45, 2.75) is 33.1 Å². The van der Waals surface area contributed by atoms with Gasteiger partial charge in [0.1, 0.15) is 4.88 Å². The van der Waals surface area contributed by atoms with Gasteiger partial charge in [-0.1, -0.05) is 32.1 Å². The summed E-state index contributed by atoms with van der Waals surface area (Å²) in [7, 11) is 4.07. The molecular formula is C14H25N3O2S. The highest BCUT2D eigenvalue weighted by Gasteiger charge is 2.22. The first-order chi connectivity index (χ1) is 9.36. The Morgan fingerprint density at radius 2 is 1.95 bits per heavy atom. The third-order valence-electron chi connectivity index (χ3n) is 2.96. The van der Waals surface area contributed by atoms with Gasteiger partial charge in [0, 0.05) is 19.6 Å². The average Bonchev–Trinajstić information content (AvgIpc) is 2.79. The number of hydrogen-bond acceptors (Lipinski definition) is 5. The van der Waals surface area contributed by atoms with E-state index in [-0.39, 0.29) is 5.92 Å². The number of carbonyl (C=O) groups is 1. The van der Waals surface area contributed by atoms with Crippen molar-refractivity contribution in [2.75, 3.05) is 38.6 Å². The molecule has 0 aliphatic heterocycles. The van der Waals surface area contributed by atoms with Crippen molar-refractivity contribution in [1.82, 2.24) is 9.88 Å². The molecule has 1 aromatic heterocycles. The molecule has 0 aliphatic carbocycles. The summed E-state index contributed by atoms with van der Waals surface area (Å²) in [6.07, 6.45) is 1.02. The van der Waals surface area contributed by atoms with E-state index in [4.69, 9.17) is 0 Å². The second-order valence-electron chi connectivity index (χ2n) is 5.46. The number of nitrogens with zero attached hydrogens (tertiary/aromatic N) is 3. The normalized spacial score (nSPS) is 11.3. The van der Waals surface area contributed by atoms with Crippen LogP contribution in [0.2, 0.25) is 0 Å². The van der Waals surface area contributed by atoms with Crippen LogP contribution in [0.15, 0.2) is 0 Å². The van der Waals surface area contributed by atoms with Gasteiger partial charge in [-0.25, -0.2) is 9.78 Å². The second-order valence-corrected chi connectivity index (χ2v) is 6.44. The molecule has 114 valence electrons. The van der Waals surface area contributed by atoms with Crippen molar-refractivity contribution in [3.8, 4) is 0 Å². The molecule has 0 radical (unpaired) electrons. The Morgan fingerprint density at radius 3 is 2.35 bits per heavy atom. The zero-order valence-electron chi connectivity index (χ0n) is 13.0. The van der Waals surface area contributed by atoms with Crippen molar-refractivity contribution < 1.29 is 9.90 Å². The summed E-state index contributed by atoms with van der Waals surface area (Å²) >= 11 is 1.29. The minimum absolute atomic E-state index is 0.128. The molecule has 1 rings (SSSR count). The Bertz CT molecular complexity index is 444. The number of thiazole rings is 1. The molecule has 1 aromatic rings. The molecule has 0 aliphatic rings. The molecule has 0 saturated heterocycles. The van der Waals surface area contributed by atoms with E-state index in [1.54, 1.807) is 0 Å². The van der Waals surface area contributed by atoms with Gasteiger partial charge in [0.2, 0.25) is 0 Å². The smallest absolute Gasteiger partial charge is 0.347 e. The molecule has 0 aromatic carbocycles. The number of likely N-dealkylation sites (N-methyl/N-ethyl adjacent to an activating group) is 1. The monoisotopic (exact) mass is 299 g/mol. The fraction of sp³-hybridized carbons (Fsp3) is 0.714. The highest BCUT2D eigenvalue weighted by atomic mass is 32.1. The Hall–Kier alpha value is -1.14. The number of anilines is 1. The third kappa shape index (κ3) is 4.45. The van der Waals surface area contributed by atoms with Crippen LogP contribution >= 0.6 is 11.3 Å². The van der Waals surface area contributed by atoms with Crippen LogP contribution in [0.3, 0.4) is 0 Å². The van der Waals surface area contributed by atoms with Gasteiger partial charge in [0.15, 0.2) is 5.13 Å². The molecule has 1 N–H and O–H groups in total. The molecule has 0 fully saturated rings. The average molecular weight is 299 g/mol. The predicted octanol–water partition coefficient (Wildman–Crippen LogP) is 2.74. The summed E-state index contributed by atoms with van der Waals surface area (Å²) in [4.78, 5) is 20.6. The van der Waals surface area contributed by atoms with Crippen LogP contribution in [0.5, 0.6) is 0 Å². The molecule has 0 saturated carbocycles. The van der Waals surface area contributed by atoms with E-state index in [0.29, 0.717) is 10.6 Å². The largest absolute Gasteiger partial charge is 0.477 e. The number of aromatic carboxylic acids is 1. The predicted molar refractivity (Wildman–Crippen MR) is 84.2 cm³/mol. The van der Waals surface area contributed by atoms with E-state index in [1.165, 1.54) is 11.3 Å². The summed E-state index contributed by atoms with van der Waals surface area (Å²) in [6.45, 7) is 8.78. The van der Waals surface area contributed by atoms with Crippen LogP contribution in [0.1, 0.15) is 48.5 Å². The van der Waals surface area contributed by atoms with E-state index in [2.05, 4.69) is 21.7 Å². The lowest BCUT2D eigenvalue weighted by Crippen LogP contribution is -2.32. The van der Waals surface area contributed by atoms with Crippen molar-refractivity contribution in [1.29, 1.82) is 0 Å². The van der Waals surface area contributed by atoms with Gasteiger partial charge in [0.05, 0.1) is 5.69 Å². The van der Waals surface area contributed by atoms with E-state index in [1.807, 2.05) is 27.9 Å². The van der Waals surface area contributed by atoms with Gasteiger partial charge in [-0.3, -0.25) is 0 Å². The zero-order valence-corrected chi connectivity index (χ0v) is 13.8. The molecule has 1 heterocycles. The lowest BCUT2D eigenvalue weighted by Gasteiger charge is -2.23. The molecule has 0 spiro atoms. The van der Waals surface area contributed by atoms with Crippen LogP contribution in [0.25, 0.3) is 0 Å². The van der Waals surface area contributed by atoms with E-state index < -0.39 is 5.97 Å². The first kappa shape index (κ1) is 16.9. The van der Waals surface area contributed by atoms with Crippen LogP contribution in [-0.4, -0.2) is 54.7 Å². The summed E-state index contributed by atoms with van der Waals surface area (Å²) in [5.41, 5.74) is 0.698. The number of carboxylic acids is 1. The van der Waals surface area contributed by atoms with Crippen LogP contribution < -0.4 is 4.90 Å². The lowest BCUT2D eigenvalue weighted by atomic mass is 10.1. The first-order valence-electron chi connectivity index (χ1n) is 7.00. The maximum atomic E-state index is 11.3. The number of rotatable bonds is 8. The van der Waals surface area contributed by atoms with Crippen molar-refractivity contribution in [3.63, 3.8) is 0 Å². The minimum Gasteiger partial charge on any atom is -0.477 e. The number of hydrogen-bond donors (Lipinski definition) is 1. The Morgan fingerprint density at radius 1 is 1.30 bits per heavy atom. The van der Waals surface area contributed by atoms with E-state index in [9.17, 15) is 9.90 Å². The molecule has 6 heteroatoms. The SMILES string of the molecule is CCCN(CCN(C)C)c1nc(C(C)C)c(C(=O)O)s1. The summed E-state index contributed by atoms with van der Waals surface area (Å²) in [6, 6.07) is 0. The second kappa shape index (κ2) is 7.59. The topological polar surface area (TPSA) is 56.7 Å². The maximum Gasteiger partial charge on any atom is 0.347 e. The summed E-state index contributed by atoms with van der Waals surface area (Å²) < 4.78 is 0.